The van der Waals surface area contributed by atoms with Gasteiger partial charge in [0.05, 0.1) is 18.9 Å². The van der Waals surface area contributed by atoms with Crippen molar-refractivity contribution in [1.29, 1.82) is 0 Å². The first kappa shape index (κ1) is 14.0. The molecule has 1 N–H and O–H groups in total. The van der Waals surface area contributed by atoms with Crippen LogP contribution >= 0.6 is 0 Å². The minimum atomic E-state index is -0.273. The van der Waals surface area contributed by atoms with Gasteiger partial charge in [-0.1, -0.05) is 6.92 Å². The summed E-state index contributed by atoms with van der Waals surface area (Å²) in [7, 11) is 3.11. The number of nitrogens with zero attached hydrogens (tertiary/aromatic N) is 1. The van der Waals surface area contributed by atoms with E-state index in [0.717, 1.165) is 25.9 Å². The molecule has 1 aliphatic rings. The molecule has 2 atom stereocenters. The van der Waals surface area contributed by atoms with Gasteiger partial charge in [0, 0.05) is 20.1 Å². The van der Waals surface area contributed by atoms with Crippen LogP contribution in [0.5, 0.6) is 0 Å². The van der Waals surface area contributed by atoms with E-state index in [0.29, 0.717) is 6.54 Å². The summed E-state index contributed by atoms with van der Waals surface area (Å²) in [6, 6.07) is 0. The second-order valence-corrected chi connectivity index (χ2v) is 4.69. The molecular weight excluding hydrogens is 220 g/mol. The van der Waals surface area contributed by atoms with E-state index >= 15 is 0 Å². The summed E-state index contributed by atoms with van der Waals surface area (Å²) in [4.78, 5) is 25.0. The predicted molar refractivity (Wildman–Crippen MR) is 64.4 cm³/mol. The molecule has 0 aromatic heterocycles. The zero-order chi connectivity index (χ0) is 12.8. The molecule has 5 heteroatoms. The van der Waals surface area contributed by atoms with E-state index in [-0.39, 0.29) is 23.7 Å². The fourth-order valence-corrected chi connectivity index (χ4v) is 2.15. The molecule has 0 spiro atoms. The van der Waals surface area contributed by atoms with E-state index in [1.54, 1.807) is 18.9 Å². The first-order chi connectivity index (χ1) is 8.06. The smallest absolute Gasteiger partial charge is 0.310 e. The Morgan fingerprint density at radius 2 is 2.24 bits per heavy atom. The number of esters is 1. The third kappa shape index (κ3) is 4.00. The van der Waals surface area contributed by atoms with Gasteiger partial charge < -0.3 is 15.0 Å². The molecule has 1 unspecified atom stereocenters. The molecule has 98 valence electrons. The molecule has 1 rings (SSSR count). The van der Waals surface area contributed by atoms with E-state index in [4.69, 9.17) is 0 Å². The van der Waals surface area contributed by atoms with Crippen molar-refractivity contribution < 1.29 is 14.3 Å². The third-order valence-corrected chi connectivity index (χ3v) is 3.17. The minimum Gasteiger partial charge on any atom is -0.469 e. The van der Waals surface area contributed by atoms with Gasteiger partial charge in [-0.3, -0.25) is 9.59 Å². The second-order valence-electron chi connectivity index (χ2n) is 4.69. The largest absolute Gasteiger partial charge is 0.469 e. The Kier molecular flexibility index (Phi) is 5.41. The van der Waals surface area contributed by atoms with Crippen molar-refractivity contribution in [2.75, 3.05) is 33.8 Å². The SMILES string of the molecule is COC(=O)C(C)CN(C)C(=O)[C@@H]1CCCNC1. The number of hydrogen-bond donors (Lipinski definition) is 1. The van der Waals surface area contributed by atoms with Gasteiger partial charge >= 0.3 is 5.97 Å². The lowest BCUT2D eigenvalue weighted by Gasteiger charge is -2.28. The van der Waals surface area contributed by atoms with Crippen molar-refractivity contribution in [2.45, 2.75) is 19.8 Å². The molecule has 1 aliphatic heterocycles. The number of hydrogen-bond acceptors (Lipinski definition) is 4. The van der Waals surface area contributed by atoms with E-state index in [9.17, 15) is 9.59 Å². The van der Waals surface area contributed by atoms with Crippen molar-refractivity contribution in [2.24, 2.45) is 11.8 Å². The number of methoxy groups -OCH3 is 1. The van der Waals surface area contributed by atoms with Gasteiger partial charge in [0.15, 0.2) is 0 Å². The van der Waals surface area contributed by atoms with Crippen LogP contribution in [0.3, 0.4) is 0 Å². The monoisotopic (exact) mass is 242 g/mol. The van der Waals surface area contributed by atoms with Crippen LogP contribution in [0.1, 0.15) is 19.8 Å². The molecule has 1 saturated heterocycles. The van der Waals surface area contributed by atoms with E-state index in [1.165, 1.54) is 7.11 Å². The molecule has 0 aromatic carbocycles. The van der Waals surface area contributed by atoms with Crippen molar-refractivity contribution in [1.82, 2.24) is 10.2 Å². The van der Waals surface area contributed by atoms with Crippen molar-refractivity contribution >= 4 is 11.9 Å². The van der Waals surface area contributed by atoms with Gasteiger partial charge in [-0.2, -0.15) is 0 Å². The summed E-state index contributed by atoms with van der Waals surface area (Å²) in [5.41, 5.74) is 0. The zero-order valence-electron chi connectivity index (χ0n) is 10.9. The molecule has 1 heterocycles. The molecule has 0 aliphatic carbocycles. The number of carbonyl (C=O) groups is 2. The number of piperidine rings is 1. The molecule has 0 radical (unpaired) electrons. The highest BCUT2D eigenvalue weighted by Gasteiger charge is 2.26. The van der Waals surface area contributed by atoms with Crippen LogP contribution in [0.15, 0.2) is 0 Å². The molecule has 0 saturated carbocycles. The number of ether oxygens (including phenoxy) is 1. The Labute approximate surface area is 102 Å². The Balaban J connectivity index is 2.43. The van der Waals surface area contributed by atoms with Crippen LogP contribution in [-0.2, 0) is 14.3 Å². The van der Waals surface area contributed by atoms with Crippen LogP contribution in [0.25, 0.3) is 0 Å². The summed E-state index contributed by atoms with van der Waals surface area (Å²) in [6.45, 7) is 3.93. The van der Waals surface area contributed by atoms with E-state index < -0.39 is 0 Å². The number of nitrogens with one attached hydrogen (secondary N) is 1. The summed E-state index contributed by atoms with van der Waals surface area (Å²) in [5.74, 6) is -0.372. The third-order valence-electron chi connectivity index (χ3n) is 3.17. The first-order valence-corrected chi connectivity index (χ1v) is 6.09. The Hall–Kier alpha value is -1.10. The average molecular weight is 242 g/mol. The van der Waals surface area contributed by atoms with Gasteiger partial charge in [0.1, 0.15) is 0 Å². The average Bonchev–Trinajstić information content (AvgIpc) is 2.37. The highest BCUT2D eigenvalue weighted by molar-refractivity contribution is 5.80. The van der Waals surface area contributed by atoms with Gasteiger partial charge in [-0.05, 0) is 19.4 Å². The normalized spacial score (nSPS) is 21.7. The van der Waals surface area contributed by atoms with Gasteiger partial charge in [0.25, 0.3) is 0 Å². The maximum absolute atomic E-state index is 12.1. The van der Waals surface area contributed by atoms with Gasteiger partial charge in [-0.15, -0.1) is 0 Å². The Morgan fingerprint density at radius 3 is 2.76 bits per heavy atom. The van der Waals surface area contributed by atoms with Crippen LogP contribution in [0.4, 0.5) is 0 Å². The van der Waals surface area contributed by atoms with Crippen LogP contribution < -0.4 is 5.32 Å². The summed E-state index contributed by atoms with van der Waals surface area (Å²) in [6.07, 6.45) is 1.97. The fourth-order valence-electron chi connectivity index (χ4n) is 2.15. The molecule has 5 nitrogen and oxygen atoms in total. The highest BCUT2D eigenvalue weighted by Crippen LogP contribution is 2.13. The Morgan fingerprint density at radius 1 is 1.53 bits per heavy atom. The first-order valence-electron chi connectivity index (χ1n) is 6.09. The lowest BCUT2D eigenvalue weighted by Crippen LogP contribution is -2.43. The number of amides is 1. The lowest BCUT2D eigenvalue weighted by atomic mass is 9.98. The molecule has 0 aromatic rings. The topological polar surface area (TPSA) is 58.6 Å². The highest BCUT2D eigenvalue weighted by atomic mass is 16.5. The van der Waals surface area contributed by atoms with Gasteiger partial charge in [-0.25, -0.2) is 0 Å². The van der Waals surface area contributed by atoms with Crippen LogP contribution in [-0.4, -0.2) is 50.6 Å². The molecule has 0 bridgehead atoms. The van der Waals surface area contributed by atoms with Crippen molar-refractivity contribution in [3.8, 4) is 0 Å². The molecule has 1 amide bonds. The summed E-state index contributed by atoms with van der Waals surface area (Å²) < 4.78 is 4.65. The lowest BCUT2D eigenvalue weighted by molar-refractivity contribution is -0.146. The number of rotatable bonds is 4. The fraction of sp³-hybridized carbons (Fsp3) is 0.833. The number of carbonyl (C=O) groups excluding carboxylic acids is 2. The molecule has 1 fully saturated rings. The van der Waals surface area contributed by atoms with Crippen LogP contribution in [0, 0.1) is 11.8 Å². The zero-order valence-corrected chi connectivity index (χ0v) is 10.9. The molecule has 17 heavy (non-hydrogen) atoms. The van der Waals surface area contributed by atoms with E-state index in [1.807, 2.05) is 0 Å². The van der Waals surface area contributed by atoms with Crippen molar-refractivity contribution in [3.63, 3.8) is 0 Å². The predicted octanol–water partition coefficient (Wildman–Crippen LogP) is 0.254. The maximum Gasteiger partial charge on any atom is 0.310 e. The summed E-state index contributed by atoms with van der Waals surface area (Å²) >= 11 is 0. The summed E-state index contributed by atoms with van der Waals surface area (Å²) in [5, 5.41) is 3.22. The van der Waals surface area contributed by atoms with E-state index in [2.05, 4.69) is 10.1 Å². The Bertz CT molecular complexity index is 275. The molecular formula is C12H22N2O3. The van der Waals surface area contributed by atoms with Crippen molar-refractivity contribution in [3.05, 3.63) is 0 Å². The van der Waals surface area contributed by atoms with Crippen LogP contribution in [0.2, 0.25) is 0 Å². The minimum absolute atomic E-state index is 0.0543. The maximum atomic E-state index is 12.1. The van der Waals surface area contributed by atoms with Gasteiger partial charge in [0.2, 0.25) is 5.91 Å². The quantitative estimate of drug-likeness (QED) is 0.718. The standard InChI is InChI=1S/C12H22N2O3/c1-9(12(16)17-3)8-14(2)11(15)10-5-4-6-13-7-10/h9-10,13H,4-8H2,1-3H3/t9?,10-/m1/s1. The second kappa shape index (κ2) is 6.59.